The molecule has 12 nitrogen and oxygen atoms in total. The molecule has 1 unspecified atom stereocenters. The monoisotopic (exact) mass is 536 g/mol. The van der Waals surface area contributed by atoms with Gasteiger partial charge in [0, 0.05) is 24.1 Å². The second-order valence-corrected chi connectivity index (χ2v) is 10.8. The molecule has 0 spiro atoms. The van der Waals surface area contributed by atoms with Gasteiger partial charge in [0.2, 0.25) is 23.1 Å². The average molecular weight is 537 g/mol. The standard InChI is InChI=1S/C25H29ClN10O2/c1-25(2)18-15(12-36(25)24(38)28-16-11-14(16)13-7-4-3-5-8-13)20(34-33-18)29-22-30-21(26)31-23(32-22)35-10-6-9-17(35)19(27)37/h3-5,7-8,14,16-17H,6,9-12H2,1-2H3,(H2,27,37)(H,28,38)(H2,29,30,31,32,33,34)/t14-,16?,17+/m1/s1. The molecule has 0 radical (unpaired) electrons. The van der Waals surface area contributed by atoms with Crippen LogP contribution in [0.4, 0.5) is 22.5 Å². The number of nitrogens with one attached hydrogen (secondary N) is 3. The van der Waals surface area contributed by atoms with Gasteiger partial charge in [0.25, 0.3) is 0 Å². The maximum atomic E-state index is 13.3. The molecule has 3 aliphatic rings. The Morgan fingerprint density at radius 3 is 2.74 bits per heavy atom. The van der Waals surface area contributed by atoms with E-state index in [0.29, 0.717) is 31.2 Å². The number of nitrogens with two attached hydrogens (primary N) is 1. The van der Waals surface area contributed by atoms with Crippen molar-refractivity contribution in [3.63, 3.8) is 0 Å². The molecule has 3 atom stereocenters. The van der Waals surface area contributed by atoms with Crippen LogP contribution in [0.1, 0.15) is 55.8 Å². The highest BCUT2D eigenvalue weighted by Gasteiger charge is 2.47. The summed E-state index contributed by atoms with van der Waals surface area (Å²) in [7, 11) is 0. The maximum absolute atomic E-state index is 13.3. The van der Waals surface area contributed by atoms with E-state index in [4.69, 9.17) is 17.3 Å². The normalized spacial score (nSPS) is 23.3. The van der Waals surface area contributed by atoms with Crippen LogP contribution in [-0.4, -0.2) is 60.6 Å². The van der Waals surface area contributed by atoms with E-state index in [1.54, 1.807) is 9.80 Å². The molecule has 1 saturated heterocycles. The SMILES string of the molecule is CC1(C)c2[nH]nc(Nc3nc(Cl)nc(N4CCC[C@H]4C(N)=O)n3)c2CN1C(=O)NC1C[C@@H]1c1ccccc1. The van der Waals surface area contributed by atoms with Gasteiger partial charge in [-0.05, 0) is 50.3 Å². The fourth-order valence-corrected chi connectivity index (χ4v) is 5.69. The Balaban J connectivity index is 1.18. The van der Waals surface area contributed by atoms with E-state index < -0.39 is 17.5 Å². The molecule has 2 aliphatic heterocycles. The molecule has 13 heteroatoms. The number of hydrogen-bond donors (Lipinski definition) is 4. The lowest BCUT2D eigenvalue weighted by Crippen LogP contribution is -2.47. The number of carbonyl (C=O) groups excluding carboxylic acids is 2. The number of hydrogen-bond acceptors (Lipinski definition) is 8. The number of fused-ring (bicyclic) bond motifs is 1. The highest BCUT2D eigenvalue weighted by molar-refractivity contribution is 6.28. The lowest BCUT2D eigenvalue weighted by atomic mass is 10.0. The molecule has 1 aromatic carbocycles. The number of H-pyrrole nitrogens is 1. The molecule has 1 saturated carbocycles. The summed E-state index contributed by atoms with van der Waals surface area (Å²) in [5.74, 6) is 0.877. The van der Waals surface area contributed by atoms with Crippen molar-refractivity contribution in [3.05, 3.63) is 52.4 Å². The largest absolute Gasteiger partial charge is 0.368 e. The predicted octanol–water partition coefficient (Wildman–Crippen LogP) is 2.76. The van der Waals surface area contributed by atoms with Crippen molar-refractivity contribution in [1.29, 1.82) is 0 Å². The van der Waals surface area contributed by atoms with Crippen molar-refractivity contribution in [2.75, 3.05) is 16.8 Å². The zero-order chi connectivity index (χ0) is 26.6. The summed E-state index contributed by atoms with van der Waals surface area (Å²) in [5.41, 5.74) is 7.87. The number of benzene rings is 1. The van der Waals surface area contributed by atoms with Gasteiger partial charge in [-0.25, -0.2) is 4.79 Å². The van der Waals surface area contributed by atoms with Crippen LogP contribution in [0.15, 0.2) is 30.3 Å². The van der Waals surface area contributed by atoms with Crippen LogP contribution < -0.4 is 21.3 Å². The molecular formula is C25H29ClN10O2. The first-order valence-electron chi connectivity index (χ1n) is 12.7. The second-order valence-electron chi connectivity index (χ2n) is 10.5. The number of aromatic amines is 1. The first-order valence-corrected chi connectivity index (χ1v) is 13.1. The van der Waals surface area contributed by atoms with E-state index in [-0.39, 0.29) is 29.3 Å². The van der Waals surface area contributed by atoms with E-state index in [0.717, 1.165) is 24.1 Å². The molecule has 198 valence electrons. The second kappa shape index (κ2) is 9.12. The maximum Gasteiger partial charge on any atom is 0.318 e. The molecule has 38 heavy (non-hydrogen) atoms. The van der Waals surface area contributed by atoms with Crippen LogP contribution >= 0.6 is 11.6 Å². The van der Waals surface area contributed by atoms with Gasteiger partial charge in [0.05, 0.1) is 17.8 Å². The third-order valence-electron chi connectivity index (χ3n) is 7.71. The van der Waals surface area contributed by atoms with Crippen LogP contribution in [0.3, 0.4) is 0 Å². The molecule has 6 rings (SSSR count). The average Bonchev–Trinajstić information content (AvgIpc) is 3.19. The minimum absolute atomic E-state index is 0.0152. The Hall–Kier alpha value is -3.93. The Morgan fingerprint density at radius 2 is 1.97 bits per heavy atom. The third kappa shape index (κ3) is 4.28. The van der Waals surface area contributed by atoms with E-state index in [2.05, 4.69) is 47.9 Å². The van der Waals surface area contributed by atoms with Gasteiger partial charge in [-0.15, -0.1) is 0 Å². The number of urea groups is 1. The number of aromatic nitrogens is 5. The summed E-state index contributed by atoms with van der Waals surface area (Å²) >= 11 is 6.20. The van der Waals surface area contributed by atoms with E-state index in [9.17, 15) is 9.59 Å². The quantitative estimate of drug-likeness (QED) is 0.374. The summed E-state index contributed by atoms with van der Waals surface area (Å²) in [5, 5.41) is 13.8. The number of carbonyl (C=O) groups is 2. The van der Waals surface area contributed by atoms with E-state index in [1.807, 2.05) is 32.0 Å². The van der Waals surface area contributed by atoms with Crippen LogP contribution in [0.2, 0.25) is 5.28 Å². The van der Waals surface area contributed by atoms with Crippen molar-refractivity contribution in [1.82, 2.24) is 35.4 Å². The number of nitrogens with zero attached hydrogens (tertiary/aromatic N) is 6. The Kier molecular flexibility index (Phi) is 5.86. The van der Waals surface area contributed by atoms with Crippen molar-refractivity contribution >= 4 is 41.3 Å². The van der Waals surface area contributed by atoms with Gasteiger partial charge in [0.15, 0.2) is 5.82 Å². The number of amides is 3. The van der Waals surface area contributed by atoms with E-state index in [1.165, 1.54) is 5.56 Å². The zero-order valence-electron chi connectivity index (χ0n) is 21.1. The molecule has 5 N–H and O–H groups in total. The fourth-order valence-electron chi connectivity index (χ4n) is 5.54. The lowest BCUT2D eigenvalue weighted by Gasteiger charge is -2.32. The summed E-state index contributed by atoms with van der Waals surface area (Å²) < 4.78 is 0. The van der Waals surface area contributed by atoms with Crippen molar-refractivity contribution < 1.29 is 9.59 Å². The lowest BCUT2D eigenvalue weighted by molar-refractivity contribution is -0.119. The molecule has 4 heterocycles. The highest BCUT2D eigenvalue weighted by atomic mass is 35.5. The van der Waals surface area contributed by atoms with Gasteiger partial charge in [0.1, 0.15) is 6.04 Å². The molecular weight excluding hydrogens is 508 g/mol. The molecule has 2 aromatic heterocycles. The smallest absolute Gasteiger partial charge is 0.318 e. The Labute approximate surface area is 224 Å². The summed E-state index contributed by atoms with van der Waals surface area (Å²) in [6.07, 6.45) is 2.36. The number of primary amides is 1. The van der Waals surface area contributed by atoms with Crippen molar-refractivity contribution in [2.45, 2.75) is 63.2 Å². The number of rotatable bonds is 6. The molecule has 2 fully saturated rings. The topological polar surface area (TPSA) is 158 Å². The zero-order valence-corrected chi connectivity index (χ0v) is 21.9. The molecule has 1 aliphatic carbocycles. The van der Waals surface area contributed by atoms with Crippen molar-refractivity contribution in [3.8, 4) is 0 Å². The molecule has 0 bridgehead atoms. The van der Waals surface area contributed by atoms with Crippen LogP contribution in [0, 0.1) is 0 Å². The first kappa shape index (κ1) is 24.4. The first-order chi connectivity index (χ1) is 18.2. The molecule has 3 amide bonds. The Bertz CT molecular complexity index is 1390. The van der Waals surface area contributed by atoms with Crippen LogP contribution in [-0.2, 0) is 16.9 Å². The Morgan fingerprint density at radius 1 is 1.18 bits per heavy atom. The van der Waals surface area contributed by atoms with Crippen LogP contribution in [0.5, 0.6) is 0 Å². The fraction of sp³-hybridized carbons (Fsp3) is 0.440. The molecule has 3 aromatic rings. The van der Waals surface area contributed by atoms with Gasteiger partial charge < -0.3 is 26.2 Å². The summed E-state index contributed by atoms with van der Waals surface area (Å²) in [4.78, 5) is 41.6. The number of anilines is 3. The third-order valence-corrected chi connectivity index (χ3v) is 7.88. The van der Waals surface area contributed by atoms with E-state index >= 15 is 0 Å². The number of halogens is 1. The van der Waals surface area contributed by atoms with Gasteiger partial charge >= 0.3 is 6.03 Å². The predicted molar refractivity (Wildman–Crippen MR) is 141 cm³/mol. The highest BCUT2D eigenvalue weighted by Crippen LogP contribution is 2.43. The van der Waals surface area contributed by atoms with Gasteiger partial charge in [-0.1, -0.05) is 30.3 Å². The summed E-state index contributed by atoms with van der Waals surface area (Å²) in [6.45, 7) is 4.92. The minimum Gasteiger partial charge on any atom is -0.368 e. The summed E-state index contributed by atoms with van der Waals surface area (Å²) in [6, 6.07) is 9.75. The van der Waals surface area contributed by atoms with Crippen molar-refractivity contribution in [2.24, 2.45) is 5.73 Å². The minimum atomic E-state index is -0.602. The van der Waals surface area contributed by atoms with Gasteiger partial charge in [-0.3, -0.25) is 9.89 Å². The van der Waals surface area contributed by atoms with Crippen LogP contribution in [0.25, 0.3) is 0 Å². The van der Waals surface area contributed by atoms with Gasteiger partial charge in [-0.2, -0.15) is 20.1 Å².